The van der Waals surface area contributed by atoms with Crippen LogP contribution in [0.2, 0.25) is 0 Å². The van der Waals surface area contributed by atoms with Gasteiger partial charge in [0.25, 0.3) is 0 Å². The van der Waals surface area contributed by atoms with E-state index in [0.29, 0.717) is 0 Å². The Bertz CT molecular complexity index is 856. The van der Waals surface area contributed by atoms with Crippen molar-refractivity contribution >= 4 is 32.3 Å². The topological polar surface area (TPSA) is 174 Å². The lowest BCUT2D eigenvalue weighted by Gasteiger charge is -2.16. The minimum Gasteiger partial charge on any atom is -0.387 e. The van der Waals surface area contributed by atoms with Crippen LogP contribution in [-0.2, 0) is 15.0 Å². The Morgan fingerprint density at radius 1 is 1.27 bits per heavy atom. The summed E-state index contributed by atoms with van der Waals surface area (Å²) in [6, 6.07) is 0. The number of aliphatic hydroxyl groups is 3. The molecule has 118 valence electrons. The van der Waals surface area contributed by atoms with Gasteiger partial charge in [0, 0.05) is 0 Å². The zero-order valence-electron chi connectivity index (χ0n) is 10.8. The molecule has 3 heterocycles. The van der Waals surface area contributed by atoms with Gasteiger partial charge in [0.05, 0.1) is 6.33 Å². The van der Waals surface area contributed by atoms with Crippen molar-refractivity contribution in [3.63, 3.8) is 0 Å². The Morgan fingerprint density at radius 2 is 2.00 bits per heavy atom. The maximum atomic E-state index is 10.8. The number of rotatable bonds is 2. The first-order valence-corrected chi connectivity index (χ1v) is 7.09. The Labute approximate surface area is 124 Å². The number of aliphatic hydroxyl groups excluding tert-OH is 3. The number of anilines is 1. The van der Waals surface area contributed by atoms with Gasteiger partial charge in [0.2, 0.25) is 15.3 Å². The van der Waals surface area contributed by atoms with Crippen molar-refractivity contribution in [3.05, 3.63) is 12.7 Å². The van der Waals surface area contributed by atoms with Crippen LogP contribution in [0.5, 0.6) is 0 Å². The fourth-order valence-corrected chi connectivity index (χ4v) is 2.63. The van der Waals surface area contributed by atoms with Gasteiger partial charge in [-0.05, 0) is 0 Å². The maximum absolute atomic E-state index is 10.8. The lowest BCUT2D eigenvalue weighted by atomic mass is 10.1. The highest BCUT2D eigenvalue weighted by molar-refractivity contribution is 7.72. The van der Waals surface area contributed by atoms with Gasteiger partial charge < -0.3 is 25.8 Å². The second kappa shape index (κ2) is 5.26. The van der Waals surface area contributed by atoms with Crippen LogP contribution in [0.4, 0.5) is 5.82 Å². The molecule has 0 aromatic carbocycles. The zero-order valence-corrected chi connectivity index (χ0v) is 11.6. The van der Waals surface area contributed by atoms with Crippen molar-refractivity contribution in [2.45, 2.75) is 24.5 Å². The fourth-order valence-electron chi connectivity index (χ4n) is 2.24. The molecule has 0 amide bonds. The Kier molecular flexibility index (Phi) is 3.54. The number of nitrogen functional groups attached to an aromatic ring is 1. The Hall–Kier alpha value is -2.12. The van der Waals surface area contributed by atoms with Crippen LogP contribution < -0.4 is 5.73 Å². The molecule has 0 aliphatic carbocycles. The Morgan fingerprint density at radius 3 is 2.68 bits per heavy atom. The summed E-state index contributed by atoms with van der Waals surface area (Å²) < 4.78 is 28.1. The SMILES string of the molecule is Nc1ncnc2c1ncn2[C@@H]1O[C@H](C(O)=S(=O)=O)[C@@H](O)[C@H]1O. The van der Waals surface area contributed by atoms with Gasteiger partial charge in [0.15, 0.2) is 17.7 Å². The number of nitrogens with two attached hydrogens (primary N) is 1. The molecular weight excluding hydrogens is 318 g/mol. The third-order valence-corrected chi connectivity index (χ3v) is 3.89. The molecule has 2 aromatic rings. The minimum atomic E-state index is -2.97. The van der Waals surface area contributed by atoms with Crippen LogP contribution in [0.3, 0.4) is 0 Å². The van der Waals surface area contributed by atoms with Crippen molar-refractivity contribution in [1.82, 2.24) is 19.5 Å². The van der Waals surface area contributed by atoms with Crippen molar-refractivity contribution in [3.8, 4) is 0 Å². The number of nitrogens with zero attached hydrogens (tertiary/aromatic N) is 4. The van der Waals surface area contributed by atoms with E-state index in [1.165, 1.54) is 17.2 Å². The predicted molar refractivity (Wildman–Crippen MR) is 72.2 cm³/mol. The monoisotopic (exact) mass is 329 g/mol. The summed E-state index contributed by atoms with van der Waals surface area (Å²) in [5.41, 5.74) is 6.13. The molecule has 0 saturated carbocycles. The average molecular weight is 329 g/mol. The first kappa shape index (κ1) is 14.8. The molecule has 1 saturated heterocycles. The molecule has 0 spiro atoms. The summed E-state index contributed by atoms with van der Waals surface area (Å²) in [5.74, 6) is 0.114. The number of imidazole rings is 1. The van der Waals surface area contributed by atoms with E-state index >= 15 is 0 Å². The summed E-state index contributed by atoms with van der Waals surface area (Å²) >= 11 is 0. The van der Waals surface area contributed by atoms with E-state index in [1.54, 1.807) is 0 Å². The number of hydrogen-bond acceptors (Lipinski definition) is 9. The van der Waals surface area contributed by atoms with Gasteiger partial charge in [-0.15, -0.1) is 0 Å². The molecule has 12 heteroatoms. The summed E-state index contributed by atoms with van der Waals surface area (Å²) in [6.07, 6.45) is -3.51. The number of fused-ring (bicyclic) bond motifs is 1. The van der Waals surface area contributed by atoms with Crippen LogP contribution >= 0.6 is 0 Å². The molecule has 3 rings (SSSR count). The summed E-state index contributed by atoms with van der Waals surface area (Å²) in [6.45, 7) is 0. The lowest BCUT2D eigenvalue weighted by molar-refractivity contribution is -0.0232. The Balaban J connectivity index is 2.05. The third kappa shape index (κ3) is 2.13. The molecule has 0 radical (unpaired) electrons. The third-order valence-electron chi connectivity index (χ3n) is 3.31. The molecule has 1 aliphatic rings. The van der Waals surface area contributed by atoms with Gasteiger partial charge in [-0.1, -0.05) is 0 Å². The van der Waals surface area contributed by atoms with E-state index in [9.17, 15) is 23.7 Å². The largest absolute Gasteiger partial charge is 0.387 e. The smallest absolute Gasteiger partial charge is 0.243 e. The van der Waals surface area contributed by atoms with E-state index in [2.05, 4.69) is 15.0 Å². The highest BCUT2D eigenvalue weighted by Gasteiger charge is 2.47. The molecule has 4 atom stereocenters. The van der Waals surface area contributed by atoms with Gasteiger partial charge in [-0.25, -0.2) is 15.0 Å². The standard InChI is InChI=1S/C10H11N5O6S/c11-7-3-8(13-1-12-7)15(2-14-3)9-5(17)4(16)6(21-9)10(18)22(19)20/h1-2,4-6,9,16-18H,(H2,11,12,13)/t4-,5+,6-,9+/m0/s1. The van der Waals surface area contributed by atoms with Crippen LogP contribution in [-0.4, -0.2) is 66.6 Å². The lowest BCUT2D eigenvalue weighted by Crippen LogP contribution is -2.36. The van der Waals surface area contributed by atoms with Crippen LogP contribution in [0.15, 0.2) is 12.7 Å². The summed E-state index contributed by atoms with van der Waals surface area (Å²) in [7, 11) is -2.97. The van der Waals surface area contributed by atoms with E-state index in [4.69, 9.17) is 10.5 Å². The molecule has 0 bridgehead atoms. The summed E-state index contributed by atoms with van der Waals surface area (Å²) in [4.78, 5) is 11.7. The first-order valence-electron chi connectivity index (χ1n) is 6.01. The predicted octanol–water partition coefficient (Wildman–Crippen LogP) is -2.41. The molecule has 0 unspecified atom stereocenters. The molecule has 2 aromatic heterocycles. The van der Waals surface area contributed by atoms with Crippen LogP contribution in [0, 0.1) is 0 Å². The van der Waals surface area contributed by atoms with E-state index < -0.39 is 39.9 Å². The van der Waals surface area contributed by atoms with Crippen LogP contribution in [0.1, 0.15) is 6.23 Å². The van der Waals surface area contributed by atoms with E-state index in [0.717, 1.165) is 0 Å². The minimum absolute atomic E-state index is 0.114. The van der Waals surface area contributed by atoms with Gasteiger partial charge in [-0.3, -0.25) is 4.57 Å². The van der Waals surface area contributed by atoms with Crippen LogP contribution in [0.25, 0.3) is 11.2 Å². The van der Waals surface area contributed by atoms with Crippen molar-refractivity contribution in [2.24, 2.45) is 0 Å². The normalized spacial score (nSPS) is 28.1. The van der Waals surface area contributed by atoms with Crippen molar-refractivity contribution < 1.29 is 28.5 Å². The second-order valence-electron chi connectivity index (χ2n) is 4.58. The zero-order chi connectivity index (χ0) is 16.0. The maximum Gasteiger partial charge on any atom is 0.243 e. The average Bonchev–Trinajstić information content (AvgIpc) is 3.02. The number of ether oxygens (including phenoxy) is 1. The molecule has 11 nitrogen and oxygen atoms in total. The molecule has 1 fully saturated rings. The van der Waals surface area contributed by atoms with Gasteiger partial charge in [0.1, 0.15) is 30.2 Å². The molecule has 5 N–H and O–H groups in total. The van der Waals surface area contributed by atoms with Crippen molar-refractivity contribution in [1.29, 1.82) is 0 Å². The molecule has 1 aliphatic heterocycles. The van der Waals surface area contributed by atoms with E-state index in [1.807, 2.05) is 0 Å². The second-order valence-corrected chi connectivity index (χ2v) is 5.47. The number of hydrogen-bond donors (Lipinski definition) is 4. The summed E-state index contributed by atoms with van der Waals surface area (Å²) in [5, 5.41) is 28.2. The molecular formula is C10H11N5O6S. The number of aromatic nitrogens is 4. The highest BCUT2D eigenvalue weighted by atomic mass is 32.2. The van der Waals surface area contributed by atoms with Crippen molar-refractivity contribution in [2.75, 3.05) is 5.73 Å². The first-order chi connectivity index (χ1) is 10.4. The molecule has 22 heavy (non-hydrogen) atoms. The van der Waals surface area contributed by atoms with Gasteiger partial charge >= 0.3 is 0 Å². The van der Waals surface area contributed by atoms with Gasteiger partial charge in [-0.2, -0.15) is 8.42 Å². The quantitative estimate of drug-likeness (QED) is 0.434. The van der Waals surface area contributed by atoms with E-state index in [-0.39, 0.29) is 17.0 Å². The fraction of sp³-hybridized carbons (Fsp3) is 0.400. The highest BCUT2D eigenvalue weighted by Crippen LogP contribution is 2.32.